The smallest absolute Gasteiger partial charge is 0.347 e. The van der Waals surface area contributed by atoms with Crippen LogP contribution in [0, 0.1) is 47.3 Å². The van der Waals surface area contributed by atoms with Gasteiger partial charge in [0.1, 0.15) is 53.9 Å². The minimum absolute atomic E-state index is 0.00377. The molecule has 1 spiro atoms. The highest BCUT2D eigenvalue weighted by Gasteiger charge is 2.54. The zero-order chi connectivity index (χ0) is 75.6. The van der Waals surface area contributed by atoms with Crippen LogP contribution >= 0.6 is 11.6 Å². The molecule has 3 aliphatic heterocycles. The molecule has 0 aromatic carbocycles. The van der Waals surface area contributed by atoms with Gasteiger partial charge in [-0.1, -0.05) is 98.6 Å². The van der Waals surface area contributed by atoms with Gasteiger partial charge in [0.05, 0.1) is 25.4 Å². The van der Waals surface area contributed by atoms with Crippen molar-refractivity contribution in [2.24, 2.45) is 47.3 Å². The molecule has 6 fully saturated rings. The molecule has 4 aliphatic carbocycles. The Morgan fingerprint density at radius 3 is 1.88 bits per heavy atom. The van der Waals surface area contributed by atoms with Gasteiger partial charge in [-0.2, -0.15) is 13.2 Å². The molecule has 3 unspecified atom stereocenters. The van der Waals surface area contributed by atoms with Crippen LogP contribution in [0.5, 0.6) is 0 Å². The van der Waals surface area contributed by atoms with Crippen LogP contribution < -0.4 is 16.0 Å². The average molecular weight is 1460 g/mol. The Balaban J connectivity index is 1.30. The number of nitrogens with zero attached hydrogens (tertiary/aromatic N) is 9. The van der Waals surface area contributed by atoms with Crippen molar-refractivity contribution in [3.8, 4) is 0 Å². The van der Waals surface area contributed by atoms with Crippen molar-refractivity contribution in [1.82, 2.24) is 60.0 Å². The van der Waals surface area contributed by atoms with Crippen molar-refractivity contribution in [3.05, 3.63) is 12.2 Å². The Morgan fingerprint density at radius 1 is 0.657 bits per heavy atom. The SMILES string of the molecule is CC[C@H](C)[C@@H]1NC(=O)[C@H](CC(C)C)N(C)C(=O)C[C@@H](C(=O)N(C)C)N(C)C(=O)[C@H](C2CCCC2)N(C)C(=O)C2(CCC2)NC(=O)[C@@H]2C[C@@H](C)CN2C(=O)[C@H](CCC2CCC(C(F)(F)F)C(Cl)C2)NC(=O)CN(C)C(=O)[C@H](CC2CCC(C)CC2)N2CC/C=C\C[C@@H](C2=O)N(C)C(=O)CN(C)C1=O. The van der Waals surface area contributed by atoms with E-state index in [4.69, 9.17) is 11.6 Å². The summed E-state index contributed by atoms with van der Waals surface area (Å²) >= 11 is 6.44. The summed E-state index contributed by atoms with van der Waals surface area (Å²) in [5.41, 5.74) is -1.54. The standard InChI is InChI=1S/C74H118ClF3N12O12/c1-15-47(6)62-70(100)84(10)43-61(93)85(11)54-24-17-16-20-35-89(69(54)99)58(39-49-27-25-45(4)26-28-49)68(98)83(9)42-59(91)79-53(32-30-48-29-31-51(52(75)38-48)74(76,77)78)66(96)90-41-46(5)37-56(90)65(95)81-73(33-21-34-73)72(102)88(14)63(50-22-18-19-23-50)71(101)87(13)57(67(97)82(7)8)40-60(92)86(12)55(36-44(2)3)64(94)80-62/h16-17,44-58,62-63H,15,18-43H2,1-14H3,(H,79,91)(H,80,94)(H,81,95)/b17-16-/t45?,46-,47+,48?,49?,51?,52?,53+,54+,55+,56+,57+,58+,62+,63+/m1/s1. The first-order valence-electron chi connectivity index (χ1n) is 37.6. The van der Waals surface area contributed by atoms with Crippen LogP contribution in [0.25, 0.3) is 0 Å². The monoisotopic (exact) mass is 1460 g/mol. The molecular weight excluding hydrogens is 1340 g/mol. The largest absolute Gasteiger partial charge is 0.393 e. The van der Waals surface area contributed by atoms with Gasteiger partial charge in [-0.15, -0.1) is 11.6 Å². The number of amides is 12. The van der Waals surface area contributed by atoms with Gasteiger partial charge >= 0.3 is 6.18 Å². The Bertz CT molecular complexity index is 3050. The van der Waals surface area contributed by atoms with Crippen molar-refractivity contribution in [2.45, 2.75) is 255 Å². The second kappa shape index (κ2) is 36.0. The number of alkyl halides is 4. The first-order chi connectivity index (χ1) is 47.9. The fraction of sp³-hybridized carbons (Fsp3) is 0.811. The normalized spacial score (nSPS) is 32.2. The number of fused-ring (bicyclic) bond motifs is 3. The van der Waals surface area contributed by atoms with E-state index in [2.05, 4.69) is 22.9 Å². The average Bonchev–Trinajstić information content (AvgIpc) is 1.11. The molecule has 12 amide bonds. The van der Waals surface area contributed by atoms with Gasteiger partial charge in [0.25, 0.3) is 0 Å². The molecular formula is C74H118ClF3N12O12. The number of hydrogen-bond acceptors (Lipinski definition) is 12. The quantitative estimate of drug-likeness (QED) is 0.151. The lowest BCUT2D eigenvalue weighted by molar-refractivity contribution is -0.182. The molecule has 0 radical (unpaired) electrons. The molecule has 4 saturated carbocycles. The minimum Gasteiger partial charge on any atom is -0.347 e. The third-order valence-electron chi connectivity index (χ3n) is 23.6. The predicted molar refractivity (Wildman–Crippen MR) is 379 cm³/mol. The molecule has 574 valence electrons. The molecule has 28 heteroatoms. The maximum absolute atomic E-state index is 15.5. The van der Waals surface area contributed by atoms with E-state index >= 15 is 28.8 Å². The molecule has 3 N–H and O–H groups in total. The Labute approximate surface area is 607 Å². The summed E-state index contributed by atoms with van der Waals surface area (Å²) in [4.78, 5) is 192. The Morgan fingerprint density at radius 2 is 1.29 bits per heavy atom. The molecule has 0 aromatic heterocycles. The lowest BCUT2D eigenvalue weighted by atomic mass is 9.74. The lowest BCUT2D eigenvalue weighted by Crippen LogP contribution is -2.68. The number of carbonyl (C=O) groups excluding carboxylic acids is 12. The van der Waals surface area contributed by atoms with E-state index < -0.39 is 174 Å². The molecule has 2 bridgehead atoms. The van der Waals surface area contributed by atoms with Crippen LogP contribution in [0.2, 0.25) is 0 Å². The molecule has 3 heterocycles. The van der Waals surface area contributed by atoms with Gasteiger partial charge in [-0.05, 0) is 138 Å². The van der Waals surface area contributed by atoms with Gasteiger partial charge < -0.3 is 60.0 Å². The third kappa shape index (κ3) is 20.1. The van der Waals surface area contributed by atoms with Gasteiger partial charge in [0, 0.05) is 74.8 Å². The number of hydrogen-bond donors (Lipinski definition) is 3. The molecule has 7 aliphatic rings. The molecule has 13 atom stereocenters. The molecule has 2 saturated heterocycles. The van der Waals surface area contributed by atoms with E-state index in [9.17, 15) is 41.9 Å². The number of likely N-dealkylation sites (N-methyl/N-ethyl adjacent to an activating group) is 7. The summed E-state index contributed by atoms with van der Waals surface area (Å²) in [6.45, 7) is 10.4. The summed E-state index contributed by atoms with van der Waals surface area (Å²) in [6, 6.07) is -9.81. The van der Waals surface area contributed by atoms with Gasteiger partial charge in [0.15, 0.2) is 0 Å². The van der Waals surface area contributed by atoms with Gasteiger partial charge in [0.2, 0.25) is 70.9 Å². The van der Waals surface area contributed by atoms with Crippen LogP contribution in [0.4, 0.5) is 13.2 Å². The number of carbonyl (C=O) groups is 12. The highest BCUT2D eigenvalue weighted by atomic mass is 35.5. The minimum atomic E-state index is -4.51. The van der Waals surface area contributed by atoms with Crippen molar-refractivity contribution in [3.63, 3.8) is 0 Å². The van der Waals surface area contributed by atoms with Crippen molar-refractivity contribution >= 4 is 82.5 Å². The number of rotatable bonds is 11. The van der Waals surface area contributed by atoms with E-state index in [1.54, 1.807) is 13.0 Å². The summed E-state index contributed by atoms with van der Waals surface area (Å²) in [7, 11) is 11.6. The highest BCUT2D eigenvalue weighted by molar-refractivity contribution is 6.21. The van der Waals surface area contributed by atoms with Gasteiger partial charge in [-0.3, -0.25) is 57.5 Å². The zero-order valence-corrected chi connectivity index (χ0v) is 63.8. The zero-order valence-electron chi connectivity index (χ0n) is 63.0. The lowest BCUT2D eigenvalue weighted by Gasteiger charge is -2.46. The maximum Gasteiger partial charge on any atom is 0.393 e. The van der Waals surface area contributed by atoms with Crippen molar-refractivity contribution < 1.29 is 70.7 Å². The van der Waals surface area contributed by atoms with Crippen LogP contribution in [-0.2, 0) is 57.5 Å². The maximum atomic E-state index is 15.5. The number of halogens is 4. The summed E-state index contributed by atoms with van der Waals surface area (Å²) in [5, 5.41) is 7.61. The topological polar surface area (TPSA) is 270 Å². The van der Waals surface area contributed by atoms with E-state index in [1.807, 2.05) is 33.8 Å². The van der Waals surface area contributed by atoms with Crippen molar-refractivity contribution in [1.29, 1.82) is 0 Å². The number of nitrogens with one attached hydrogen (secondary N) is 3. The van der Waals surface area contributed by atoms with Gasteiger partial charge in [-0.25, -0.2) is 0 Å². The van der Waals surface area contributed by atoms with Crippen LogP contribution in [0.1, 0.15) is 189 Å². The second-order valence-electron chi connectivity index (χ2n) is 32.0. The van der Waals surface area contributed by atoms with Crippen LogP contribution in [0.3, 0.4) is 0 Å². The first-order valence-corrected chi connectivity index (χ1v) is 38.0. The van der Waals surface area contributed by atoms with Crippen LogP contribution in [0.15, 0.2) is 12.2 Å². The third-order valence-corrected chi connectivity index (χ3v) is 24.1. The molecule has 0 aromatic rings. The summed E-state index contributed by atoms with van der Waals surface area (Å²) in [6.07, 6.45) is 6.72. The van der Waals surface area contributed by atoms with Crippen LogP contribution in [-0.4, -0.2) is 263 Å². The fourth-order valence-electron chi connectivity index (χ4n) is 16.7. The molecule has 24 nitrogen and oxygen atoms in total. The second-order valence-corrected chi connectivity index (χ2v) is 32.5. The Hall–Kier alpha value is -6.54. The van der Waals surface area contributed by atoms with E-state index in [-0.39, 0.29) is 107 Å². The first kappa shape index (κ1) is 82.7. The molecule has 102 heavy (non-hydrogen) atoms. The van der Waals surface area contributed by atoms with E-state index in [1.165, 1.54) is 100 Å². The summed E-state index contributed by atoms with van der Waals surface area (Å²) < 4.78 is 42.2. The Kier molecular flexibility index (Phi) is 29.2. The highest BCUT2D eigenvalue weighted by Crippen LogP contribution is 2.44. The predicted octanol–water partition coefficient (Wildman–Crippen LogP) is 6.36. The van der Waals surface area contributed by atoms with Crippen molar-refractivity contribution in [2.75, 3.05) is 82.6 Å². The molecule has 7 rings (SSSR count). The summed E-state index contributed by atoms with van der Waals surface area (Å²) in [5.74, 6) is -10.6. The van der Waals surface area contributed by atoms with E-state index in [0.717, 1.165) is 38.5 Å². The fourth-order valence-corrected chi connectivity index (χ4v) is 17.2. The van der Waals surface area contributed by atoms with E-state index in [0.29, 0.717) is 38.0 Å².